The number of nitrogens with zero attached hydrogens (tertiary/aromatic N) is 1. The number of aromatic nitrogens is 1. The van der Waals surface area contributed by atoms with Crippen LogP contribution in [0.1, 0.15) is 25.5 Å². The SMILES string of the molecule is COc1ccc2c(c1)c(=O)c1cc(C(C)C)oc1n2C. The smallest absolute Gasteiger partial charge is 0.211 e. The molecular formula is C16H17NO3. The van der Waals surface area contributed by atoms with E-state index in [2.05, 4.69) is 0 Å². The van der Waals surface area contributed by atoms with Crippen LogP contribution in [0.2, 0.25) is 0 Å². The van der Waals surface area contributed by atoms with Gasteiger partial charge in [0, 0.05) is 13.0 Å². The third-order valence-electron chi connectivity index (χ3n) is 3.66. The topological polar surface area (TPSA) is 44.4 Å². The minimum Gasteiger partial charge on any atom is -0.497 e. The summed E-state index contributed by atoms with van der Waals surface area (Å²) in [6, 6.07) is 7.35. The fourth-order valence-electron chi connectivity index (χ4n) is 2.47. The van der Waals surface area contributed by atoms with Gasteiger partial charge in [0.15, 0.2) is 0 Å². The maximum Gasteiger partial charge on any atom is 0.211 e. The van der Waals surface area contributed by atoms with E-state index in [0.717, 1.165) is 11.3 Å². The van der Waals surface area contributed by atoms with Crippen LogP contribution in [0.4, 0.5) is 0 Å². The van der Waals surface area contributed by atoms with Crippen LogP contribution in [-0.2, 0) is 7.05 Å². The van der Waals surface area contributed by atoms with Crippen molar-refractivity contribution in [2.75, 3.05) is 7.11 Å². The first kappa shape index (κ1) is 12.8. The number of ether oxygens (including phenoxy) is 1. The molecule has 0 bridgehead atoms. The van der Waals surface area contributed by atoms with Gasteiger partial charge in [0.1, 0.15) is 11.5 Å². The van der Waals surface area contributed by atoms with E-state index in [1.165, 1.54) is 0 Å². The molecule has 0 saturated carbocycles. The van der Waals surface area contributed by atoms with Gasteiger partial charge in [-0.15, -0.1) is 0 Å². The van der Waals surface area contributed by atoms with Crippen molar-refractivity contribution in [3.8, 4) is 5.75 Å². The zero-order valence-electron chi connectivity index (χ0n) is 12.1. The second-order valence-corrected chi connectivity index (χ2v) is 5.29. The Kier molecular flexibility index (Phi) is 2.82. The predicted octanol–water partition coefficient (Wildman–Crippen LogP) is 3.42. The van der Waals surface area contributed by atoms with Crippen molar-refractivity contribution >= 4 is 22.0 Å². The van der Waals surface area contributed by atoms with Crippen molar-refractivity contribution < 1.29 is 9.15 Å². The number of fused-ring (bicyclic) bond motifs is 2. The lowest BCUT2D eigenvalue weighted by atomic mass is 10.1. The van der Waals surface area contributed by atoms with E-state index in [1.54, 1.807) is 13.2 Å². The Hall–Kier alpha value is -2.23. The van der Waals surface area contributed by atoms with E-state index in [1.807, 2.05) is 43.7 Å². The Morgan fingerprint density at radius 3 is 2.60 bits per heavy atom. The first-order valence-corrected chi connectivity index (χ1v) is 6.63. The molecule has 3 rings (SSSR count). The van der Waals surface area contributed by atoms with Crippen molar-refractivity contribution in [3.05, 3.63) is 40.2 Å². The molecular weight excluding hydrogens is 254 g/mol. The van der Waals surface area contributed by atoms with E-state index >= 15 is 0 Å². The number of pyridine rings is 1. The fourth-order valence-corrected chi connectivity index (χ4v) is 2.47. The largest absolute Gasteiger partial charge is 0.497 e. The molecule has 4 heteroatoms. The molecule has 3 aromatic rings. The van der Waals surface area contributed by atoms with E-state index in [4.69, 9.17) is 9.15 Å². The molecule has 1 aromatic carbocycles. The van der Waals surface area contributed by atoms with Crippen LogP contribution in [0.5, 0.6) is 5.75 Å². The summed E-state index contributed by atoms with van der Waals surface area (Å²) in [5.41, 5.74) is 1.45. The minimum atomic E-state index is -0.0114. The second-order valence-electron chi connectivity index (χ2n) is 5.29. The highest BCUT2D eigenvalue weighted by Gasteiger charge is 2.15. The van der Waals surface area contributed by atoms with E-state index in [0.29, 0.717) is 22.2 Å². The van der Waals surface area contributed by atoms with Gasteiger partial charge in [0.05, 0.1) is 23.4 Å². The van der Waals surface area contributed by atoms with Crippen molar-refractivity contribution in [3.63, 3.8) is 0 Å². The van der Waals surface area contributed by atoms with Gasteiger partial charge in [-0.2, -0.15) is 0 Å². The van der Waals surface area contributed by atoms with Gasteiger partial charge in [0.25, 0.3) is 0 Å². The summed E-state index contributed by atoms with van der Waals surface area (Å²) in [7, 11) is 3.50. The average Bonchev–Trinajstić information content (AvgIpc) is 2.90. The molecule has 104 valence electrons. The van der Waals surface area contributed by atoms with Crippen molar-refractivity contribution in [2.24, 2.45) is 7.05 Å². The third-order valence-corrected chi connectivity index (χ3v) is 3.66. The molecule has 0 aliphatic heterocycles. The highest BCUT2D eigenvalue weighted by molar-refractivity contribution is 5.92. The predicted molar refractivity (Wildman–Crippen MR) is 79.6 cm³/mol. The number of furan rings is 1. The molecule has 0 amide bonds. The molecule has 20 heavy (non-hydrogen) atoms. The first-order chi connectivity index (χ1) is 9.52. The summed E-state index contributed by atoms with van der Waals surface area (Å²) in [4.78, 5) is 12.6. The summed E-state index contributed by atoms with van der Waals surface area (Å²) in [6.45, 7) is 4.09. The van der Waals surface area contributed by atoms with Crippen LogP contribution >= 0.6 is 0 Å². The van der Waals surface area contributed by atoms with E-state index in [-0.39, 0.29) is 11.3 Å². The molecule has 4 nitrogen and oxygen atoms in total. The zero-order valence-corrected chi connectivity index (χ0v) is 12.1. The number of hydrogen-bond acceptors (Lipinski definition) is 3. The average molecular weight is 271 g/mol. The Balaban J connectivity index is 2.47. The van der Waals surface area contributed by atoms with Crippen molar-refractivity contribution in [2.45, 2.75) is 19.8 Å². The number of methoxy groups -OCH3 is 1. The van der Waals surface area contributed by atoms with Crippen LogP contribution in [0.15, 0.2) is 33.5 Å². The second kappa shape index (κ2) is 4.40. The molecule has 0 fully saturated rings. The molecule has 0 unspecified atom stereocenters. The van der Waals surface area contributed by atoms with Gasteiger partial charge < -0.3 is 13.7 Å². The molecule has 0 saturated heterocycles. The zero-order chi connectivity index (χ0) is 14.4. The standard InChI is InChI=1S/C16H17NO3/c1-9(2)14-8-12-15(18)11-7-10(19-4)5-6-13(11)17(3)16(12)20-14/h5-9H,1-4H3. The number of rotatable bonds is 2. The molecule has 0 spiro atoms. The Morgan fingerprint density at radius 2 is 1.95 bits per heavy atom. The van der Waals surface area contributed by atoms with Gasteiger partial charge in [0.2, 0.25) is 11.1 Å². The maximum absolute atomic E-state index is 12.6. The maximum atomic E-state index is 12.6. The van der Waals surface area contributed by atoms with Gasteiger partial charge in [-0.3, -0.25) is 4.79 Å². The van der Waals surface area contributed by atoms with Gasteiger partial charge in [-0.1, -0.05) is 13.8 Å². The Morgan fingerprint density at radius 1 is 1.20 bits per heavy atom. The van der Waals surface area contributed by atoms with Crippen LogP contribution in [0.25, 0.3) is 22.0 Å². The molecule has 0 N–H and O–H groups in total. The highest BCUT2D eigenvalue weighted by Crippen LogP contribution is 2.26. The Labute approximate surface area is 116 Å². The monoisotopic (exact) mass is 271 g/mol. The lowest BCUT2D eigenvalue weighted by molar-refractivity contribution is 0.415. The summed E-state index contributed by atoms with van der Waals surface area (Å²) < 4.78 is 13.0. The number of hydrogen-bond donors (Lipinski definition) is 0. The van der Waals surface area contributed by atoms with Crippen LogP contribution < -0.4 is 10.2 Å². The molecule has 2 heterocycles. The van der Waals surface area contributed by atoms with Crippen molar-refractivity contribution in [1.82, 2.24) is 4.57 Å². The van der Waals surface area contributed by atoms with Crippen LogP contribution in [0.3, 0.4) is 0 Å². The normalized spacial score (nSPS) is 11.7. The minimum absolute atomic E-state index is 0.0114. The first-order valence-electron chi connectivity index (χ1n) is 6.63. The summed E-state index contributed by atoms with van der Waals surface area (Å²) in [6.07, 6.45) is 0. The molecule has 0 radical (unpaired) electrons. The van der Waals surface area contributed by atoms with E-state index in [9.17, 15) is 4.79 Å². The third kappa shape index (κ3) is 1.72. The summed E-state index contributed by atoms with van der Waals surface area (Å²) >= 11 is 0. The van der Waals surface area contributed by atoms with Gasteiger partial charge in [-0.25, -0.2) is 0 Å². The van der Waals surface area contributed by atoms with E-state index < -0.39 is 0 Å². The number of aryl methyl sites for hydroxylation is 1. The van der Waals surface area contributed by atoms with Gasteiger partial charge >= 0.3 is 0 Å². The molecule has 0 atom stereocenters. The molecule has 0 aliphatic carbocycles. The molecule has 0 aliphatic rings. The van der Waals surface area contributed by atoms with Crippen LogP contribution in [0, 0.1) is 0 Å². The summed E-state index contributed by atoms with van der Waals surface area (Å²) in [5.74, 6) is 1.76. The van der Waals surface area contributed by atoms with Crippen LogP contribution in [-0.4, -0.2) is 11.7 Å². The van der Waals surface area contributed by atoms with Gasteiger partial charge in [-0.05, 0) is 24.3 Å². The molecule has 2 aromatic heterocycles. The lowest BCUT2D eigenvalue weighted by Gasteiger charge is -2.07. The quantitative estimate of drug-likeness (QED) is 0.717. The lowest BCUT2D eigenvalue weighted by Crippen LogP contribution is -2.07. The number of benzene rings is 1. The summed E-state index contributed by atoms with van der Waals surface area (Å²) in [5, 5.41) is 1.27. The Bertz CT molecular complexity index is 855. The van der Waals surface area contributed by atoms with Crippen molar-refractivity contribution in [1.29, 1.82) is 0 Å². The highest BCUT2D eigenvalue weighted by atomic mass is 16.5. The fraction of sp³-hybridized carbons (Fsp3) is 0.312.